The van der Waals surface area contributed by atoms with Crippen molar-refractivity contribution in [3.63, 3.8) is 0 Å². The zero-order valence-electron chi connectivity index (χ0n) is 7.67. The molecule has 0 aliphatic rings. The van der Waals surface area contributed by atoms with Gasteiger partial charge in [-0.05, 0) is 28.8 Å². The van der Waals surface area contributed by atoms with Crippen LogP contribution in [0, 0.1) is 0 Å². The molecule has 0 spiro atoms. The molecule has 2 aromatic rings. The van der Waals surface area contributed by atoms with Crippen molar-refractivity contribution >= 4 is 32.2 Å². The Morgan fingerprint density at radius 1 is 1.46 bits per heavy atom. The van der Waals surface area contributed by atoms with Crippen molar-refractivity contribution < 1.29 is 0 Å². The van der Waals surface area contributed by atoms with Crippen molar-refractivity contribution in [3.05, 3.63) is 21.4 Å². The van der Waals surface area contributed by atoms with Crippen LogP contribution in [-0.4, -0.2) is 9.38 Å². The molecule has 0 aliphatic carbocycles. The lowest BCUT2D eigenvalue weighted by atomic mass is 10.3. The number of nitrogens with zero attached hydrogens (tertiary/aromatic N) is 2. The van der Waals surface area contributed by atoms with Crippen LogP contribution >= 0.6 is 27.3 Å². The minimum atomic E-state index is 0.984. The Kier molecular flexibility index (Phi) is 2.43. The Bertz CT molecular complexity index is 430. The maximum Gasteiger partial charge on any atom is 0.195 e. The highest BCUT2D eigenvalue weighted by molar-refractivity contribution is 9.10. The summed E-state index contributed by atoms with van der Waals surface area (Å²) < 4.78 is 3.33. The Labute approximate surface area is 89.7 Å². The van der Waals surface area contributed by atoms with Gasteiger partial charge in [0, 0.05) is 11.1 Å². The predicted molar refractivity (Wildman–Crippen MR) is 59.5 cm³/mol. The van der Waals surface area contributed by atoms with Crippen LogP contribution in [0.3, 0.4) is 0 Å². The van der Waals surface area contributed by atoms with E-state index in [2.05, 4.69) is 44.5 Å². The van der Waals surface area contributed by atoms with E-state index in [0.717, 1.165) is 28.1 Å². The van der Waals surface area contributed by atoms with Crippen molar-refractivity contribution in [1.29, 1.82) is 0 Å². The van der Waals surface area contributed by atoms with Gasteiger partial charge in [0.15, 0.2) is 4.96 Å². The van der Waals surface area contributed by atoms with E-state index < -0.39 is 0 Å². The summed E-state index contributed by atoms with van der Waals surface area (Å²) in [5, 5.41) is 2.17. The molecule has 0 aromatic carbocycles. The molecule has 0 saturated heterocycles. The van der Waals surface area contributed by atoms with Crippen LogP contribution in [0.5, 0.6) is 0 Å². The molecule has 0 fully saturated rings. The number of imidazole rings is 1. The van der Waals surface area contributed by atoms with Gasteiger partial charge in [0.2, 0.25) is 0 Å². The molecule has 70 valence electrons. The largest absolute Gasteiger partial charge is 0.281 e. The topological polar surface area (TPSA) is 17.3 Å². The van der Waals surface area contributed by atoms with Crippen LogP contribution in [-0.2, 0) is 12.8 Å². The van der Waals surface area contributed by atoms with Gasteiger partial charge in [-0.2, -0.15) is 0 Å². The van der Waals surface area contributed by atoms with E-state index in [4.69, 9.17) is 0 Å². The van der Waals surface area contributed by atoms with E-state index in [1.165, 1.54) is 5.69 Å². The number of fused-ring (bicyclic) bond motifs is 1. The fourth-order valence-electron chi connectivity index (χ4n) is 1.39. The van der Waals surface area contributed by atoms with Gasteiger partial charge in [0.1, 0.15) is 4.60 Å². The van der Waals surface area contributed by atoms with E-state index in [-0.39, 0.29) is 0 Å². The smallest absolute Gasteiger partial charge is 0.195 e. The zero-order valence-corrected chi connectivity index (χ0v) is 10.1. The fourth-order valence-corrected chi connectivity index (χ4v) is 3.26. The Hall–Kier alpha value is -0.350. The summed E-state index contributed by atoms with van der Waals surface area (Å²) in [5.74, 6) is 0. The molecule has 0 atom stereocenters. The first-order valence-corrected chi connectivity index (χ1v) is 6.08. The Morgan fingerprint density at radius 3 is 2.85 bits per heavy atom. The number of aromatic nitrogens is 2. The highest BCUT2D eigenvalue weighted by atomic mass is 79.9. The maximum atomic E-state index is 4.53. The quantitative estimate of drug-likeness (QED) is 0.809. The van der Waals surface area contributed by atoms with Crippen LogP contribution in [0.25, 0.3) is 4.96 Å². The number of hydrogen-bond acceptors (Lipinski definition) is 2. The van der Waals surface area contributed by atoms with Gasteiger partial charge in [-0.25, -0.2) is 4.98 Å². The summed E-state index contributed by atoms with van der Waals surface area (Å²) in [4.78, 5) is 5.63. The second kappa shape index (κ2) is 3.42. The fraction of sp³-hybridized carbons (Fsp3) is 0.444. The standard InChI is InChI=1S/C9H11BrN2S/c1-3-6-5-13-9-11-7(4-2)8(10)12(6)9/h5H,3-4H2,1-2H3. The molecule has 0 aliphatic heterocycles. The number of rotatable bonds is 2. The third-order valence-electron chi connectivity index (χ3n) is 2.14. The van der Waals surface area contributed by atoms with Crippen LogP contribution in [0.4, 0.5) is 0 Å². The number of aryl methyl sites for hydroxylation is 2. The number of hydrogen-bond donors (Lipinski definition) is 0. The van der Waals surface area contributed by atoms with E-state index in [9.17, 15) is 0 Å². The summed E-state index contributed by atoms with van der Waals surface area (Å²) in [5.41, 5.74) is 2.49. The molecule has 13 heavy (non-hydrogen) atoms. The lowest BCUT2D eigenvalue weighted by Gasteiger charge is -1.95. The molecular weight excluding hydrogens is 248 g/mol. The summed E-state index contributed by atoms with van der Waals surface area (Å²) in [7, 11) is 0. The molecule has 0 saturated carbocycles. The second-order valence-corrected chi connectivity index (χ2v) is 4.49. The average molecular weight is 259 g/mol. The van der Waals surface area contributed by atoms with Crippen LogP contribution in [0.1, 0.15) is 25.2 Å². The normalized spacial score (nSPS) is 11.3. The zero-order chi connectivity index (χ0) is 9.42. The van der Waals surface area contributed by atoms with Gasteiger partial charge in [0.25, 0.3) is 0 Å². The van der Waals surface area contributed by atoms with E-state index >= 15 is 0 Å². The SMILES string of the molecule is CCc1nc2scc(CC)n2c1Br. The minimum Gasteiger partial charge on any atom is -0.281 e. The predicted octanol–water partition coefficient (Wildman–Crippen LogP) is 3.28. The van der Waals surface area contributed by atoms with Gasteiger partial charge >= 0.3 is 0 Å². The molecule has 2 aromatic heterocycles. The van der Waals surface area contributed by atoms with Gasteiger partial charge in [0.05, 0.1) is 5.69 Å². The van der Waals surface area contributed by atoms with E-state index in [1.807, 2.05) is 0 Å². The first-order chi connectivity index (χ1) is 6.27. The van der Waals surface area contributed by atoms with Gasteiger partial charge < -0.3 is 0 Å². The molecule has 2 heterocycles. The summed E-state index contributed by atoms with van der Waals surface area (Å²) in [6, 6.07) is 0. The van der Waals surface area contributed by atoms with Gasteiger partial charge in [-0.1, -0.05) is 13.8 Å². The summed E-state index contributed by atoms with van der Waals surface area (Å²) in [6.45, 7) is 4.29. The monoisotopic (exact) mass is 258 g/mol. The van der Waals surface area contributed by atoms with Crippen molar-refractivity contribution in [2.24, 2.45) is 0 Å². The summed E-state index contributed by atoms with van der Waals surface area (Å²) in [6.07, 6.45) is 2.04. The van der Waals surface area contributed by atoms with E-state index in [0.29, 0.717) is 0 Å². The molecule has 2 rings (SSSR count). The lowest BCUT2D eigenvalue weighted by molar-refractivity contribution is 0.973. The van der Waals surface area contributed by atoms with E-state index in [1.54, 1.807) is 11.3 Å². The van der Waals surface area contributed by atoms with Crippen molar-refractivity contribution in [3.8, 4) is 0 Å². The Balaban J connectivity index is 2.72. The van der Waals surface area contributed by atoms with Crippen LogP contribution in [0.2, 0.25) is 0 Å². The molecule has 0 N–H and O–H groups in total. The molecule has 2 nitrogen and oxygen atoms in total. The molecular formula is C9H11BrN2S. The van der Waals surface area contributed by atoms with Gasteiger partial charge in [-0.3, -0.25) is 4.40 Å². The van der Waals surface area contributed by atoms with Crippen molar-refractivity contribution in [2.75, 3.05) is 0 Å². The number of thiazole rings is 1. The lowest BCUT2D eigenvalue weighted by Crippen LogP contribution is -1.89. The minimum absolute atomic E-state index is 0.984. The maximum absolute atomic E-state index is 4.53. The third kappa shape index (κ3) is 1.32. The first-order valence-electron chi connectivity index (χ1n) is 4.41. The highest BCUT2D eigenvalue weighted by Gasteiger charge is 2.11. The van der Waals surface area contributed by atoms with Crippen molar-refractivity contribution in [2.45, 2.75) is 26.7 Å². The summed E-state index contributed by atoms with van der Waals surface area (Å²) >= 11 is 5.30. The molecule has 0 radical (unpaired) electrons. The third-order valence-corrected chi connectivity index (χ3v) is 3.83. The average Bonchev–Trinajstić information content (AvgIpc) is 2.66. The molecule has 0 amide bonds. The number of halogens is 1. The molecule has 0 unspecified atom stereocenters. The van der Waals surface area contributed by atoms with Crippen LogP contribution in [0.15, 0.2) is 9.98 Å². The molecule has 0 bridgehead atoms. The first kappa shape index (κ1) is 9.21. The van der Waals surface area contributed by atoms with Gasteiger partial charge in [-0.15, -0.1) is 11.3 Å². The van der Waals surface area contributed by atoms with Crippen molar-refractivity contribution in [1.82, 2.24) is 9.38 Å². The highest BCUT2D eigenvalue weighted by Crippen LogP contribution is 2.25. The molecule has 4 heteroatoms. The second-order valence-electron chi connectivity index (χ2n) is 2.90. The van der Waals surface area contributed by atoms with Crippen LogP contribution < -0.4 is 0 Å². The Morgan fingerprint density at radius 2 is 2.23 bits per heavy atom.